The third-order valence-corrected chi connectivity index (χ3v) is 3.75. The number of hydrogen-bond donors (Lipinski definition) is 2. The molecule has 0 saturated heterocycles. The Morgan fingerprint density at radius 3 is 2.65 bits per heavy atom. The third kappa shape index (κ3) is 5.32. The van der Waals surface area contributed by atoms with Gasteiger partial charge in [-0.2, -0.15) is 5.26 Å². The summed E-state index contributed by atoms with van der Waals surface area (Å²) in [5.41, 5.74) is 2.19. The molecular formula is C18H18ClN3O. The Morgan fingerprint density at radius 2 is 2.00 bits per heavy atom. The summed E-state index contributed by atoms with van der Waals surface area (Å²) in [7, 11) is 0. The van der Waals surface area contributed by atoms with Crippen molar-refractivity contribution < 1.29 is 4.79 Å². The molecule has 5 heteroatoms. The molecule has 2 rings (SSSR count). The Labute approximate surface area is 141 Å². The molecule has 23 heavy (non-hydrogen) atoms. The minimum absolute atomic E-state index is 0.0454. The Morgan fingerprint density at radius 1 is 1.26 bits per heavy atom. The molecule has 118 valence electrons. The molecule has 4 nitrogen and oxygen atoms in total. The van der Waals surface area contributed by atoms with Crippen molar-refractivity contribution in [3.05, 3.63) is 64.7 Å². The van der Waals surface area contributed by atoms with Gasteiger partial charge in [-0.3, -0.25) is 0 Å². The van der Waals surface area contributed by atoms with Gasteiger partial charge in [-0.1, -0.05) is 41.9 Å². The molecule has 2 aromatic carbocycles. The van der Waals surface area contributed by atoms with Crippen LogP contribution in [0.4, 0.5) is 10.5 Å². The number of aryl methyl sites for hydroxylation is 1. The van der Waals surface area contributed by atoms with E-state index in [0.29, 0.717) is 16.3 Å². The third-order valence-electron chi connectivity index (χ3n) is 3.43. The second-order valence-electron chi connectivity index (χ2n) is 5.33. The molecule has 0 bridgehead atoms. The minimum Gasteiger partial charge on any atom is -0.335 e. The molecule has 0 aliphatic carbocycles. The van der Waals surface area contributed by atoms with Gasteiger partial charge in [0.15, 0.2) is 0 Å². The van der Waals surface area contributed by atoms with Crippen molar-refractivity contribution in [2.45, 2.75) is 25.8 Å². The highest BCUT2D eigenvalue weighted by atomic mass is 35.5. The van der Waals surface area contributed by atoms with Crippen LogP contribution in [-0.2, 0) is 6.42 Å². The van der Waals surface area contributed by atoms with Crippen LogP contribution in [0.15, 0.2) is 48.5 Å². The normalized spacial score (nSPS) is 11.3. The number of halogens is 1. The fraction of sp³-hybridized carbons (Fsp3) is 0.222. The Balaban J connectivity index is 1.82. The molecule has 0 heterocycles. The van der Waals surface area contributed by atoms with Crippen LogP contribution in [0.3, 0.4) is 0 Å². The molecule has 0 spiro atoms. The first-order chi connectivity index (χ1) is 11.1. The van der Waals surface area contributed by atoms with Gasteiger partial charge in [0.1, 0.15) is 6.07 Å². The Kier molecular flexibility index (Phi) is 6.02. The van der Waals surface area contributed by atoms with Gasteiger partial charge in [-0.25, -0.2) is 4.79 Å². The summed E-state index contributed by atoms with van der Waals surface area (Å²) >= 11 is 5.94. The predicted molar refractivity (Wildman–Crippen MR) is 92.5 cm³/mol. The van der Waals surface area contributed by atoms with Crippen LogP contribution in [0, 0.1) is 11.3 Å². The molecule has 0 saturated carbocycles. The zero-order valence-corrected chi connectivity index (χ0v) is 13.6. The van der Waals surface area contributed by atoms with E-state index in [1.807, 2.05) is 31.2 Å². The SMILES string of the molecule is CC(CCc1ccccc1)NC(=O)Nc1ccc(C#N)c(Cl)c1. The topological polar surface area (TPSA) is 64.9 Å². The molecule has 0 aromatic heterocycles. The minimum atomic E-state index is -0.286. The largest absolute Gasteiger partial charge is 0.335 e. The van der Waals surface area contributed by atoms with E-state index >= 15 is 0 Å². The molecule has 2 amide bonds. The Hall–Kier alpha value is -2.51. The summed E-state index contributed by atoms with van der Waals surface area (Å²) in [5, 5.41) is 14.8. The molecule has 0 fully saturated rings. The zero-order valence-electron chi connectivity index (χ0n) is 12.8. The van der Waals surface area contributed by atoms with Crippen molar-refractivity contribution in [3.63, 3.8) is 0 Å². The fourth-order valence-corrected chi connectivity index (χ4v) is 2.40. The molecule has 2 aromatic rings. The van der Waals surface area contributed by atoms with Gasteiger partial charge < -0.3 is 10.6 Å². The lowest BCUT2D eigenvalue weighted by molar-refractivity contribution is 0.248. The average Bonchev–Trinajstić information content (AvgIpc) is 2.54. The lowest BCUT2D eigenvalue weighted by Gasteiger charge is -2.15. The van der Waals surface area contributed by atoms with Crippen LogP contribution in [0.1, 0.15) is 24.5 Å². The highest BCUT2D eigenvalue weighted by Crippen LogP contribution is 2.20. The number of urea groups is 1. The summed E-state index contributed by atoms with van der Waals surface area (Å²) in [6.07, 6.45) is 1.76. The zero-order chi connectivity index (χ0) is 16.7. The first-order valence-electron chi connectivity index (χ1n) is 7.39. The molecular weight excluding hydrogens is 310 g/mol. The van der Waals surface area contributed by atoms with E-state index in [1.165, 1.54) is 5.56 Å². The van der Waals surface area contributed by atoms with Gasteiger partial charge in [-0.05, 0) is 43.5 Å². The van der Waals surface area contributed by atoms with E-state index in [9.17, 15) is 4.79 Å². The number of nitriles is 1. The number of carbonyl (C=O) groups is 1. The van der Waals surface area contributed by atoms with E-state index < -0.39 is 0 Å². The van der Waals surface area contributed by atoms with Gasteiger partial charge in [0.25, 0.3) is 0 Å². The van der Waals surface area contributed by atoms with E-state index in [1.54, 1.807) is 18.2 Å². The average molecular weight is 328 g/mol. The van der Waals surface area contributed by atoms with E-state index in [0.717, 1.165) is 12.8 Å². The maximum atomic E-state index is 12.0. The van der Waals surface area contributed by atoms with Crippen LogP contribution in [0.25, 0.3) is 0 Å². The summed E-state index contributed by atoms with van der Waals surface area (Å²) in [6.45, 7) is 1.97. The van der Waals surface area contributed by atoms with Crippen molar-refractivity contribution >= 4 is 23.3 Å². The van der Waals surface area contributed by atoms with Gasteiger partial charge >= 0.3 is 6.03 Å². The number of carbonyl (C=O) groups excluding carboxylic acids is 1. The van der Waals surface area contributed by atoms with Crippen LogP contribution in [0.5, 0.6) is 0 Å². The highest BCUT2D eigenvalue weighted by molar-refractivity contribution is 6.32. The van der Waals surface area contributed by atoms with E-state index in [2.05, 4.69) is 22.8 Å². The van der Waals surface area contributed by atoms with Crippen LogP contribution < -0.4 is 10.6 Å². The lowest BCUT2D eigenvalue weighted by Crippen LogP contribution is -2.36. The number of nitrogens with one attached hydrogen (secondary N) is 2. The molecule has 0 aliphatic heterocycles. The second-order valence-corrected chi connectivity index (χ2v) is 5.74. The number of benzene rings is 2. The van der Waals surface area contributed by atoms with Gasteiger partial charge in [-0.15, -0.1) is 0 Å². The monoisotopic (exact) mass is 327 g/mol. The summed E-state index contributed by atoms with van der Waals surface area (Å²) in [5.74, 6) is 0. The van der Waals surface area contributed by atoms with Crippen LogP contribution in [-0.4, -0.2) is 12.1 Å². The molecule has 1 atom stereocenters. The van der Waals surface area contributed by atoms with Crippen LogP contribution >= 0.6 is 11.6 Å². The quantitative estimate of drug-likeness (QED) is 0.857. The van der Waals surface area contributed by atoms with Gasteiger partial charge in [0.2, 0.25) is 0 Å². The first-order valence-corrected chi connectivity index (χ1v) is 7.77. The van der Waals surface area contributed by atoms with Crippen molar-refractivity contribution in [1.82, 2.24) is 5.32 Å². The smallest absolute Gasteiger partial charge is 0.319 e. The molecule has 0 aliphatic rings. The summed E-state index contributed by atoms with van der Waals surface area (Å²) < 4.78 is 0. The van der Waals surface area contributed by atoms with Crippen molar-refractivity contribution in [2.75, 3.05) is 5.32 Å². The number of hydrogen-bond acceptors (Lipinski definition) is 2. The predicted octanol–water partition coefficient (Wildman–Crippen LogP) is 4.35. The summed E-state index contributed by atoms with van der Waals surface area (Å²) in [4.78, 5) is 12.0. The summed E-state index contributed by atoms with van der Waals surface area (Å²) in [6, 6.07) is 16.7. The number of anilines is 1. The lowest BCUT2D eigenvalue weighted by atomic mass is 10.1. The van der Waals surface area contributed by atoms with E-state index in [-0.39, 0.29) is 12.1 Å². The second kappa shape index (κ2) is 8.21. The first kappa shape index (κ1) is 16.9. The fourth-order valence-electron chi connectivity index (χ4n) is 2.17. The molecule has 0 radical (unpaired) electrons. The maximum Gasteiger partial charge on any atom is 0.319 e. The maximum absolute atomic E-state index is 12.0. The van der Waals surface area contributed by atoms with Crippen molar-refractivity contribution in [3.8, 4) is 6.07 Å². The van der Waals surface area contributed by atoms with Crippen LogP contribution in [0.2, 0.25) is 5.02 Å². The van der Waals surface area contributed by atoms with Crippen molar-refractivity contribution in [2.24, 2.45) is 0 Å². The van der Waals surface area contributed by atoms with E-state index in [4.69, 9.17) is 16.9 Å². The number of rotatable bonds is 5. The standard InChI is InChI=1S/C18H18ClN3O/c1-13(7-8-14-5-3-2-4-6-14)21-18(23)22-16-10-9-15(12-20)17(19)11-16/h2-6,9-11,13H,7-8H2,1H3,(H2,21,22,23). The molecule has 2 N–H and O–H groups in total. The number of amides is 2. The van der Waals surface area contributed by atoms with Crippen molar-refractivity contribution in [1.29, 1.82) is 5.26 Å². The van der Waals surface area contributed by atoms with Gasteiger partial charge in [0.05, 0.1) is 10.6 Å². The molecule has 1 unspecified atom stereocenters. The van der Waals surface area contributed by atoms with Gasteiger partial charge in [0, 0.05) is 11.7 Å². The highest BCUT2D eigenvalue weighted by Gasteiger charge is 2.09. The number of nitrogens with zero attached hydrogens (tertiary/aromatic N) is 1. The Bertz CT molecular complexity index is 710.